The Balaban J connectivity index is 0. The molecule has 0 fully saturated rings. The summed E-state index contributed by atoms with van der Waals surface area (Å²) in [6.45, 7) is 1.94. The number of aliphatic hydroxyl groups is 1. The Hall–Kier alpha value is -0.875. The Bertz CT molecular complexity index is 233. The molecule has 0 aliphatic carbocycles. The molecule has 1 unspecified atom stereocenters. The summed E-state index contributed by atoms with van der Waals surface area (Å²) >= 11 is 0. The predicted molar refractivity (Wildman–Crippen MR) is 63.4 cm³/mol. The van der Waals surface area contributed by atoms with Crippen LogP contribution >= 0.6 is 0 Å². The fourth-order valence-electron chi connectivity index (χ4n) is 1.05. The van der Waals surface area contributed by atoms with Crippen molar-refractivity contribution in [2.24, 2.45) is 0 Å². The van der Waals surface area contributed by atoms with Gasteiger partial charge in [0.2, 0.25) is 0 Å². The Kier molecular flexibility index (Phi) is 10.7. The molecule has 1 aromatic carbocycles. The number of hydrogen-bond donors (Lipinski definition) is 2. The van der Waals surface area contributed by atoms with Gasteiger partial charge in [0.1, 0.15) is 6.23 Å². The van der Waals surface area contributed by atoms with E-state index in [0.717, 1.165) is 6.42 Å². The zero-order valence-corrected chi connectivity index (χ0v) is 8.90. The molecule has 85 valence electrons. The van der Waals surface area contributed by atoms with Gasteiger partial charge in [0.05, 0.1) is 0 Å². The summed E-state index contributed by atoms with van der Waals surface area (Å²) in [5.74, 6) is 0. The summed E-state index contributed by atoms with van der Waals surface area (Å²) in [5.41, 5.74) is 1.18. The van der Waals surface area contributed by atoms with Gasteiger partial charge >= 0.3 is 0 Å². The van der Waals surface area contributed by atoms with Crippen molar-refractivity contribution in [1.29, 1.82) is 0 Å². The zero-order valence-electron chi connectivity index (χ0n) is 8.90. The standard InChI is InChI=1S/C10H15BNO.2H2O/c1-2-10(13)12-8-11-9-6-4-3-5-7-9;;/h3-7,10,12-13H,2,8H2,1H3;2*1H2. The minimum absolute atomic E-state index is 0. The Morgan fingerprint density at radius 1 is 1.27 bits per heavy atom. The van der Waals surface area contributed by atoms with Gasteiger partial charge in [-0.2, -0.15) is 0 Å². The first-order chi connectivity index (χ1) is 6.33. The van der Waals surface area contributed by atoms with Crippen LogP contribution in [0.5, 0.6) is 0 Å². The quantitative estimate of drug-likeness (QED) is 0.465. The molecule has 15 heavy (non-hydrogen) atoms. The molecule has 0 saturated heterocycles. The number of benzene rings is 1. The largest absolute Gasteiger partial charge is 0.412 e. The van der Waals surface area contributed by atoms with Crippen LogP contribution in [-0.2, 0) is 0 Å². The molecular weight excluding hydrogens is 193 g/mol. The second-order valence-electron chi connectivity index (χ2n) is 2.95. The van der Waals surface area contributed by atoms with Crippen LogP contribution in [0.15, 0.2) is 30.3 Å². The van der Waals surface area contributed by atoms with Gasteiger partial charge in [-0.05, 0) is 12.9 Å². The van der Waals surface area contributed by atoms with Crippen molar-refractivity contribution < 1.29 is 16.1 Å². The van der Waals surface area contributed by atoms with E-state index >= 15 is 0 Å². The molecule has 0 spiro atoms. The number of rotatable bonds is 5. The van der Waals surface area contributed by atoms with Crippen LogP contribution in [0.1, 0.15) is 13.3 Å². The maximum absolute atomic E-state index is 9.20. The maximum atomic E-state index is 9.20. The van der Waals surface area contributed by atoms with E-state index in [1.54, 1.807) is 0 Å². The molecule has 0 amide bonds. The monoisotopic (exact) mass is 212 g/mol. The SMILES string of the molecule is CCC(O)NC[B]c1ccccc1.O.O. The van der Waals surface area contributed by atoms with Crippen molar-refractivity contribution in [2.45, 2.75) is 19.6 Å². The van der Waals surface area contributed by atoms with Gasteiger partial charge in [-0.1, -0.05) is 42.7 Å². The molecule has 1 atom stereocenters. The van der Waals surface area contributed by atoms with E-state index in [9.17, 15) is 5.11 Å². The second kappa shape index (κ2) is 9.67. The first-order valence-corrected chi connectivity index (χ1v) is 4.62. The summed E-state index contributed by atoms with van der Waals surface area (Å²) in [6.07, 6.45) is 1.06. The van der Waals surface area contributed by atoms with E-state index in [1.165, 1.54) is 5.46 Å². The average molecular weight is 212 g/mol. The number of hydrogen-bond acceptors (Lipinski definition) is 2. The zero-order chi connectivity index (χ0) is 9.52. The normalized spacial score (nSPS) is 10.8. The van der Waals surface area contributed by atoms with E-state index in [4.69, 9.17) is 0 Å². The molecule has 0 aromatic heterocycles. The van der Waals surface area contributed by atoms with Crippen molar-refractivity contribution >= 4 is 12.7 Å². The van der Waals surface area contributed by atoms with Crippen LogP contribution in [0.2, 0.25) is 0 Å². The lowest BCUT2D eigenvalue weighted by molar-refractivity contribution is 0.140. The first kappa shape index (κ1) is 16.6. The molecule has 0 saturated carbocycles. The van der Waals surface area contributed by atoms with Crippen molar-refractivity contribution in [1.82, 2.24) is 5.32 Å². The van der Waals surface area contributed by atoms with Gasteiger partial charge in [0.25, 0.3) is 0 Å². The average Bonchev–Trinajstić information content (AvgIpc) is 2.19. The summed E-state index contributed by atoms with van der Waals surface area (Å²) in [4.78, 5) is 0. The smallest absolute Gasteiger partial charge is 0.169 e. The highest BCUT2D eigenvalue weighted by Crippen LogP contribution is 1.83. The predicted octanol–water partition coefficient (Wildman–Crippen LogP) is -1.36. The number of aliphatic hydroxyl groups excluding tert-OH is 1. The van der Waals surface area contributed by atoms with Gasteiger partial charge in [-0.25, -0.2) is 0 Å². The van der Waals surface area contributed by atoms with E-state index in [2.05, 4.69) is 12.6 Å². The van der Waals surface area contributed by atoms with Crippen LogP contribution < -0.4 is 10.8 Å². The molecule has 0 heterocycles. The molecule has 1 aromatic rings. The molecule has 1 radical (unpaired) electrons. The lowest BCUT2D eigenvalue weighted by Gasteiger charge is -2.08. The molecule has 5 heteroatoms. The molecule has 4 nitrogen and oxygen atoms in total. The van der Waals surface area contributed by atoms with Gasteiger partial charge in [0.15, 0.2) is 7.28 Å². The fourth-order valence-corrected chi connectivity index (χ4v) is 1.05. The molecule has 0 bridgehead atoms. The summed E-state index contributed by atoms with van der Waals surface area (Å²) in [5, 5.41) is 12.2. The Morgan fingerprint density at radius 3 is 2.40 bits per heavy atom. The Labute approximate surface area is 91.2 Å². The third kappa shape index (κ3) is 7.10. The summed E-state index contributed by atoms with van der Waals surface area (Å²) < 4.78 is 0. The molecule has 6 N–H and O–H groups in total. The van der Waals surface area contributed by atoms with E-state index in [-0.39, 0.29) is 17.2 Å². The van der Waals surface area contributed by atoms with Gasteiger partial charge < -0.3 is 16.1 Å². The van der Waals surface area contributed by atoms with Crippen LogP contribution in [0, 0.1) is 0 Å². The van der Waals surface area contributed by atoms with E-state index < -0.39 is 0 Å². The second-order valence-corrected chi connectivity index (χ2v) is 2.95. The van der Waals surface area contributed by atoms with Crippen molar-refractivity contribution in [3.05, 3.63) is 30.3 Å². The molecule has 0 aliphatic heterocycles. The van der Waals surface area contributed by atoms with Crippen molar-refractivity contribution in [2.75, 3.05) is 6.44 Å². The van der Waals surface area contributed by atoms with Gasteiger partial charge in [0, 0.05) is 0 Å². The first-order valence-electron chi connectivity index (χ1n) is 4.62. The number of nitrogens with one attached hydrogen (secondary N) is 1. The van der Waals surface area contributed by atoms with Crippen LogP contribution in [-0.4, -0.2) is 36.0 Å². The van der Waals surface area contributed by atoms with Crippen molar-refractivity contribution in [3.8, 4) is 0 Å². The van der Waals surface area contributed by atoms with Crippen molar-refractivity contribution in [3.63, 3.8) is 0 Å². The van der Waals surface area contributed by atoms with Crippen LogP contribution in [0.25, 0.3) is 0 Å². The third-order valence-electron chi connectivity index (χ3n) is 1.88. The van der Waals surface area contributed by atoms with Crippen LogP contribution in [0.3, 0.4) is 0 Å². The minimum Gasteiger partial charge on any atom is -0.412 e. The Morgan fingerprint density at radius 2 is 1.87 bits per heavy atom. The summed E-state index contributed by atoms with van der Waals surface area (Å²) in [7, 11) is 2.05. The third-order valence-corrected chi connectivity index (χ3v) is 1.88. The van der Waals surface area contributed by atoms with Gasteiger partial charge in [-0.3, -0.25) is 5.32 Å². The van der Waals surface area contributed by atoms with E-state index in [1.807, 2.05) is 37.3 Å². The molecular formula is C10H19BNO3. The maximum Gasteiger partial charge on any atom is 0.169 e. The van der Waals surface area contributed by atoms with Crippen LogP contribution in [0.4, 0.5) is 0 Å². The fraction of sp³-hybridized carbons (Fsp3) is 0.400. The lowest BCUT2D eigenvalue weighted by Crippen LogP contribution is -2.35. The molecule has 0 aliphatic rings. The highest BCUT2D eigenvalue weighted by atomic mass is 16.3. The minimum atomic E-state index is -0.389. The highest BCUT2D eigenvalue weighted by molar-refractivity contribution is 6.53. The highest BCUT2D eigenvalue weighted by Gasteiger charge is 1.99. The van der Waals surface area contributed by atoms with E-state index in [0.29, 0.717) is 6.44 Å². The van der Waals surface area contributed by atoms with Gasteiger partial charge in [-0.15, -0.1) is 0 Å². The topological polar surface area (TPSA) is 95.3 Å². The summed E-state index contributed by atoms with van der Waals surface area (Å²) in [6, 6.07) is 10.1. The lowest BCUT2D eigenvalue weighted by atomic mass is 9.70. The molecule has 1 rings (SSSR count).